The molecule has 0 saturated carbocycles. The van der Waals surface area contributed by atoms with Gasteiger partial charge in [-0.25, -0.2) is 0 Å². The average molecular weight is 223 g/mol. The van der Waals surface area contributed by atoms with Crippen molar-refractivity contribution in [1.29, 1.82) is 0 Å². The summed E-state index contributed by atoms with van der Waals surface area (Å²) in [6.45, 7) is 2.40. The van der Waals surface area contributed by atoms with Crippen LogP contribution < -0.4 is 0 Å². The summed E-state index contributed by atoms with van der Waals surface area (Å²) in [6.07, 6.45) is 0. The SMILES string of the molecule is CC1N(Cc2ccccc2)C(=O)CS1=O. The summed E-state index contributed by atoms with van der Waals surface area (Å²) in [5, 5.41) is -0.155. The van der Waals surface area contributed by atoms with Gasteiger partial charge in [0.15, 0.2) is 0 Å². The molecule has 1 saturated heterocycles. The van der Waals surface area contributed by atoms with Crippen LogP contribution in [0.5, 0.6) is 0 Å². The Kier molecular flexibility index (Phi) is 2.86. The second-order valence-electron chi connectivity index (χ2n) is 3.63. The van der Waals surface area contributed by atoms with Crippen LogP contribution in [-0.4, -0.2) is 26.1 Å². The highest BCUT2D eigenvalue weighted by molar-refractivity contribution is 7.86. The van der Waals surface area contributed by atoms with E-state index in [1.165, 1.54) is 0 Å². The van der Waals surface area contributed by atoms with Gasteiger partial charge in [-0.3, -0.25) is 9.00 Å². The van der Waals surface area contributed by atoms with E-state index >= 15 is 0 Å². The number of benzene rings is 1. The van der Waals surface area contributed by atoms with Crippen molar-refractivity contribution in [2.45, 2.75) is 18.8 Å². The molecule has 0 aromatic heterocycles. The number of amides is 1. The Labute approximate surface area is 91.5 Å². The monoisotopic (exact) mass is 223 g/mol. The second-order valence-corrected chi connectivity index (χ2v) is 5.36. The van der Waals surface area contributed by atoms with E-state index < -0.39 is 10.8 Å². The molecule has 1 fully saturated rings. The predicted molar refractivity (Wildman–Crippen MR) is 59.5 cm³/mol. The summed E-state index contributed by atoms with van der Waals surface area (Å²) in [7, 11) is -1.03. The minimum Gasteiger partial charge on any atom is -0.323 e. The van der Waals surface area contributed by atoms with Crippen LogP contribution in [0.1, 0.15) is 12.5 Å². The van der Waals surface area contributed by atoms with Gasteiger partial charge in [-0.2, -0.15) is 0 Å². The van der Waals surface area contributed by atoms with Crippen molar-refractivity contribution < 1.29 is 9.00 Å². The largest absolute Gasteiger partial charge is 0.323 e. The van der Waals surface area contributed by atoms with E-state index in [1.807, 2.05) is 37.3 Å². The smallest absolute Gasteiger partial charge is 0.236 e. The van der Waals surface area contributed by atoms with Crippen LogP contribution in [0.2, 0.25) is 0 Å². The van der Waals surface area contributed by atoms with E-state index in [1.54, 1.807) is 4.90 Å². The molecule has 1 aromatic carbocycles. The maximum Gasteiger partial charge on any atom is 0.236 e. The van der Waals surface area contributed by atoms with Gasteiger partial charge < -0.3 is 4.90 Å². The van der Waals surface area contributed by atoms with Crippen molar-refractivity contribution in [3.63, 3.8) is 0 Å². The Bertz CT molecular complexity index is 391. The van der Waals surface area contributed by atoms with E-state index in [0.29, 0.717) is 6.54 Å². The second kappa shape index (κ2) is 4.14. The summed E-state index contributed by atoms with van der Waals surface area (Å²) < 4.78 is 11.4. The van der Waals surface area contributed by atoms with Crippen molar-refractivity contribution >= 4 is 16.7 Å². The Hall–Kier alpha value is -1.16. The standard InChI is InChI=1S/C11H13NO2S/c1-9-12(11(13)8-15(9)14)7-10-5-3-2-4-6-10/h2-6,9H,7-8H2,1H3. The van der Waals surface area contributed by atoms with E-state index in [4.69, 9.17) is 0 Å². The third-order valence-electron chi connectivity index (χ3n) is 2.60. The van der Waals surface area contributed by atoms with E-state index in [-0.39, 0.29) is 17.0 Å². The Balaban J connectivity index is 2.13. The molecule has 1 aromatic rings. The van der Waals surface area contributed by atoms with Gasteiger partial charge in [0, 0.05) is 6.54 Å². The molecule has 1 aliphatic rings. The summed E-state index contributed by atoms with van der Waals surface area (Å²) in [5.74, 6) is 0.165. The van der Waals surface area contributed by atoms with Crippen molar-refractivity contribution in [3.8, 4) is 0 Å². The van der Waals surface area contributed by atoms with E-state index in [0.717, 1.165) is 5.56 Å². The van der Waals surface area contributed by atoms with Crippen LogP contribution in [0.4, 0.5) is 0 Å². The van der Waals surface area contributed by atoms with Gasteiger partial charge >= 0.3 is 0 Å². The molecular weight excluding hydrogens is 210 g/mol. The van der Waals surface area contributed by atoms with Gasteiger partial charge in [0.05, 0.1) is 10.8 Å². The highest BCUT2D eigenvalue weighted by Crippen LogP contribution is 2.17. The average Bonchev–Trinajstić information content (AvgIpc) is 2.47. The van der Waals surface area contributed by atoms with Crippen molar-refractivity contribution in [2.75, 3.05) is 5.75 Å². The van der Waals surface area contributed by atoms with Gasteiger partial charge in [0.1, 0.15) is 11.1 Å². The summed E-state index contributed by atoms with van der Waals surface area (Å²) in [5.41, 5.74) is 1.08. The first-order valence-corrected chi connectivity index (χ1v) is 6.27. The third kappa shape index (κ3) is 2.09. The zero-order chi connectivity index (χ0) is 10.8. The van der Waals surface area contributed by atoms with Crippen LogP contribution in [0.3, 0.4) is 0 Å². The predicted octanol–water partition coefficient (Wildman–Crippen LogP) is 1.12. The molecule has 3 nitrogen and oxygen atoms in total. The fourth-order valence-corrected chi connectivity index (χ4v) is 2.79. The molecular formula is C11H13NO2S. The van der Waals surface area contributed by atoms with Crippen molar-refractivity contribution in [3.05, 3.63) is 35.9 Å². The topological polar surface area (TPSA) is 37.4 Å². The summed E-state index contributed by atoms with van der Waals surface area (Å²) in [6, 6.07) is 9.77. The van der Waals surface area contributed by atoms with Gasteiger partial charge in [0.2, 0.25) is 5.91 Å². The maximum atomic E-state index is 11.5. The molecule has 0 N–H and O–H groups in total. The quantitative estimate of drug-likeness (QED) is 0.753. The number of carbonyl (C=O) groups is 1. The molecule has 0 aliphatic carbocycles. The fourth-order valence-electron chi connectivity index (χ4n) is 1.67. The molecule has 15 heavy (non-hydrogen) atoms. The normalized spacial score (nSPS) is 25.9. The lowest BCUT2D eigenvalue weighted by Crippen LogP contribution is -2.31. The first-order chi connectivity index (χ1) is 7.18. The fraction of sp³-hybridized carbons (Fsp3) is 0.364. The van der Waals surface area contributed by atoms with Gasteiger partial charge in [-0.05, 0) is 12.5 Å². The molecule has 0 spiro atoms. The van der Waals surface area contributed by atoms with Crippen molar-refractivity contribution in [1.82, 2.24) is 4.90 Å². The Morgan fingerprint density at radius 3 is 2.60 bits per heavy atom. The van der Waals surface area contributed by atoms with Crippen LogP contribution in [-0.2, 0) is 22.1 Å². The summed E-state index contributed by atoms with van der Waals surface area (Å²) >= 11 is 0. The number of carbonyl (C=O) groups excluding carboxylic acids is 1. The van der Waals surface area contributed by atoms with Gasteiger partial charge in [0.25, 0.3) is 0 Å². The van der Waals surface area contributed by atoms with Crippen LogP contribution in [0.15, 0.2) is 30.3 Å². The minimum atomic E-state index is -1.03. The van der Waals surface area contributed by atoms with Crippen molar-refractivity contribution in [2.24, 2.45) is 0 Å². The number of rotatable bonds is 2. The molecule has 0 bridgehead atoms. The molecule has 2 unspecified atom stereocenters. The lowest BCUT2D eigenvalue weighted by molar-refractivity contribution is -0.128. The van der Waals surface area contributed by atoms with Crippen LogP contribution in [0, 0.1) is 0 Å². The first-order valence-electron chi connectivity index (χ1n) is 4.89. The molecule has 0 radical (unpaired) electrons. The number of nitrogens with zero attached hydrogens (tertiary/aromatic N) is 1. The molecule has 2 rings (SSSR count). The molecule has 2 atom stereocenters. The zero-order valence-corrected chi connectivity index (χ0v) is 9.37. The van der Waals surface area contributed by atoms with Gasteiger partial charge in [-0.15, -0.1) is 0 Å². The zero-order valence-electron chi connectivity index (χ0n) is 8.55. The number of hydrogen-bond acceptors (Lipinski definition) is 2. The van der Waals surface area contributed by atoms with E-state index in [2.05, 4.69) is 0 Å². The molecule has 4 heteroatoms. The Morgan fingerprint density at radius 2 is 2.07 bits per heavy atom. The first kappa shape index (κ1) is 10.4. The number of hydrogen-bond donors (Lipinski definition) is 0. The lowest BCUT2D eigenvalue weighted by atomic mass is 10.2. The molecule has 1 aliphatic heterocycles. The lowest BCUT2D eigenvalue weighted by Gasteiger charge is -2.19. The molecule has 1 heterocycles. The van der Waals surface area contributed by atoms with Crippen LogP contribution >= 0.6 is 0 Å². The maximum absolute atomic E-state index is 11.5. The highest BCUT2D eigenvalue weighted by atomic mass is 32.2. The Morgan fingerprint density at radius 1 is 1.40 bits per heavy atom. The molecule has 1 amide bonds. The summed E-state index contributed by atoms with van der Waals surface area (Å²) in [4.78, 5) is 13.2. The van der Waals surface area contributed by atoms with Gasteiger partial charge in [-0.1, -0.05) is 30.3 Å². The highest BCUT2D eigenvalue weighted by Gasteiger charge is 2.33. The molecule has 80 valence electrons. The minimum absolute atomic E-state index is 0.00955. The third-order valence-corrected chi connectivity index (χ3v) is 4.15. The van der Waals surface area contributed by atoms with E-state index in [9.17, 15) is 9.00 Å². The van der Waals surface area contributed by atoms with Crippen LogP contribution in [0.25, 0.3) is 0 Å².